The highest BCUT2D eigenvalue weighted by molar-refractivity contribution is 9.10. The average Bonchev–Trinajstić information content (AvgIpc) is 2.41. The van der Waals surface area contributed by atoms with Crippen LogP contribution < -0.4 is 5.32 Å². The zero-order valence-electron chi connectivity index (χ0n) is 10.2. The number of nitrogens with one attached hydrogen (secondary N) is 1. The van der Waals surface area contributed by atoms with E-state index in [-0.39, 0.29) is 0 Å². The van der Waals surface area contributed by atoms with Crippen LogP contribution in [0.5, 0.6) is 0 Å². The Morgan fingerprint density at radius 1 is 1.00 bits per heavy atom. The van der Waals surface area contributed by atoms with Crippen molar-refractivity contribution in [2.45, 2.75) is 19.3 Å². The molecule has 1 nitrogen and oxygen atoms in total. The van der Waals surface area contributed by atoms with E-state index in [0.29, 0.717) is 0 Å². The average molecular weight is 302 g/mol. The number of anilines is 1. The minimum absolute atomic E-state index is 1.01. The SMILES string of the molecule is Brc1ccc(Cc2ccc3c(c2)CCCN3)cc1. The number of hydrogen-bond donors (Lipinski definition) is 1. The molecule has 0 amide bonds. The molecule has 1 aliphatic heterocycles. The van der Waals surface area contributed by atoms with Gasteiger partial charge in [-0.25, -0.2) is 0 Å². The van der Waals surface area contributed by atoms with E-state index in [4.69, 9.17) is 0 Å². The smallest absolute Gasteiger partial charge is 0.0372 e. The van der Waals surface area contributed by atoms with Crippen molar-refractivity contribution < 1.29 is 0 Å². The lowest BCUT2D eigenvalue weighted by atomic mass is 9.97. The normalized spacial score (nSPS) is 13.8. The summed E-state index contributed by atoms with van der Waals surface area (Å²) in [5.41, 5.74) is 5.55. The molecule has 0 aromatic heterocycles. The van der Waals surface area contributed by atoms with E-state index in [1.54, 1.807) is 0 Å². The molecule has 0 unspecified atom stereocenters. The van der Waals surface area contributed by atoms with Crippen molar-refractivity contribution in [1.82, 2.24) is 0 Å². The third kappa shape index (κ3) is 2.59. The summed E-state index contributed by atoms with van der Waals surface area (Å²) in [6.45, 7) is 1.11. The Morgan fingerprint density at radius 3 is 2.61 bits per heavy atom. The zero-order chi connectivity index (χ0) is 12.4. The number of benzene rings is 2. The van der Waals surface area contributed by atoms with Crippen molar-refractivity contribution >= 4 is 21.6 Å². The van der Waals surface area contributed by atoms with Gasteiger partial charge < -0.3 is 5.32 Å². The summed E-state index contributed by atoms with van der Waals surface area (Å²) in [6, 6.07) is 15.4. The van der Waals surface area contributed by atoms with Gasteiger partial charge in [-0.1, -0.05) is 40.2 Å². The predicted molar refractivity (Wildman–Crippen MR) is 80.2 cm³/mol. The maximum absolute atomic E-state index is 3.47. The van der Waals surface area contributed by atoms with Gasteiger partial charge in [-0.3, -0.25) is 0 Å². The highest BCUT2D eigenvalue weighted by Crippen LogP contribution is 2.24. The molecule has 0 fully saturated rings. The zero-order valence-corrected chi connectivity index (χ0v) is 11.8. The maximum atomic E-state index is 3.47. The maximum Gasteiger partial charge on any atom is 0.0372 e. The first-order chi connectivity index (χ1) is 8.81. The van der Waals surface area contributed by atoms with Crippen LogP contribution in [0.15, 0.2) is 46.9 Å². The first-order valence-corrected chi connectivity index (χ1v) is 7.21. The van der Waals surface area contributed by atoms with Crippen molar-refractivity contribution in [3.63, 3.8) is 0 Å². The number of aryl methyl sites for hydroxylation is 1. The van der Waals surface area contributed by atoms with Gasteiger partial charge in [0, 0.05) is 16.7 Å². The molecule has 2 heteroatoms. The van der Waals surface area contributed by atoms with Gasteiger partial charge in [-0.2, -0.15) is 0 Å². The molecule has 1 heterocycles. The van der Waals surface area contributed by atoms with E-state index < -0.39 is 0 Å². The van der Waals surface area contributed by atoms with E-state index in [1.807, 2.05) is 0 Å². The van der Waals surface area contributed by atoms with Gasteiger partial charge in [0.25, 0.3) is 0 Å². The molecule has 2 aromatic carbocycles. The van der Waals surface area contributed by atoms with Crippen LogP contribution in [0.1, 0.15) is 23.1 Å². The Morgan fingerprint density at radius 2 is 1.78 bits per heavy atom. The monoisotopic (exact) mass is 301 g/mol. The Bertz CT molecular complexity index is 546. The van der Waals surface area contributed by atoms with Crippen LogP contribution in [0.4, 0.5) is 5.69 Å². The number of halogens is 1. The van der Waals surface area contributed by atoms with Gasteiger partial charge in [0.15, 0.2) is 0 Å². The van der Waals surface area contributed by atoms with Crippen LogP contribution in [-0.2, 0) is 12.8 Å². The molecule has 0 saturated carbocycles. The van der Waals surface area contributed by atoms with Crippen molar-refractivity contribution in [3.8, 4) is 0 Å². The quantitative estimate of drug-likeness (QED) is 0.867. The highest BCUT2D eigenvalue weighted by atomic mass is 79.9. The molecular weight excluding hydrogens is 286 g/mol. The second-order valence-electron chi connectivity index (χ2n) is 4.83. The Kier molecular flexibility index (Phi) is 3.37. The summed E-state index contributed by atoms with van der Waals surface area (Å²) in [4.78, 5) is 0. The minimum Gasteiger partial charge on any atom is -0.385 e. The summed E-state index contributed by atoms with van der Waals surface area (Å²) in [6.07, 6.45) is 3.46. The Hall–Kier alpha value is -1.28. The van der Waals surface area contributed by atoms with E-state index in [2.05, 4.69) is 63.7 Å². The fourth-order valence-corrected chi connectivity index (χ4v) is 2.74. The summed E-state index contributed by atoms with van der Waals surface area (Å²) < 4.78 is 1.14. The Labute approximate surface area is 116 Å². The van der Waals surface area contributed by atoms with Crippen molar-refractivity contribution in [1.29, 1.82) is 0 Å². The number of rotatable bonds is 2. The van der Waals surface area contributed by atoms with Crippen LogP contribution in [0, 0.1) is 0 Å². The van der Waals surface area contributed by atoms with Gasteiger partial charge in [-0.05, 0) is 54.2 Å². The lowest BCUT2D eigenvalue weighted by Crippen LogP contribution is -2.11. The molecular formula is C16H16BrN. The summed E-state index contributed by atoms with van der Waals surface area (Å²) in [7, 11) is 0. The van der Waals surface area contributed by atoms with Crippen LogP contribution in [-0.4, -0.2) is 6.54 Å². The molecule has 3 rings (SSSR count). The lowest BCUT2D eigenvalue weighted by molar-refractivity contribution is 0.828. The predicted octanol–water partition coefficient (Wildman–Crippen LogP) is 4.40. The second-order valence-corrected chi connectivity index (χ2v) is 5.74. The highest BCUT2D eigenvalue weighted by Gasteiger charge is 2.08. The van der Waals surface area contributed by atoms with Crippen molar-refractivity contribution in [3.05, 3.63) is 63.6 Å². The third-order valence-electron chi connectivity index (χ3n) is 3.43. The van der Waals surface area contributed by atoms with Gasteiger partial charge in [0.05, 0.1) is 0 Å². The fraction of sp³-hybridized carbons (Fsp3) is 0.250. The minimum atomic E-state index is 1.01. The molecule has 92 valence electrons. The third-order valence-corrected chi connectivity index (χ3v) is 3.96. The Balaban J connectivity index is 1.82. The summed E-state index contributed by atoms with van der Waals surface area (Å²) in [5.74, 6) is 0. The lowest BCUT2D eigenvalue weighted by Gasteiger charge is -2.18. The largest absolute Gasteiger partial charge is 0.385 e. The molecule has 1 aliphatic rings. The number of hydrogen-bond acceptors (Lipinski definition) is 1. The molecule has 1 N–H and O–H groups in total. The van der Waals surface area contributed by atoms with Crippen molar-refractivity contribution in [2.75, 3.05) is 11.9 Å². The fourth-order valence-electron chi connectivity index (χ4n) is 2.48. The van der Waals surface area contributed by atoms with Crippen LogP contribution in [0.2, 0.25) is 0 Å². The molecule has 2 aromatic rings. The molecule has 18 heavy (non-hydrogen) atoms. The number of fused-ring (bicyclic) bond motifs is 1. The molecule has 0 spiro atoms. The van der Waals surface area contributed by atoms with Gasteiger partial charge in [0.1, 0.15) is 0 Å². The first kappa shape index (κ1) is 11.8. The molecule has 0 atom stereocenters. The first-order valence-electron chi connectivity index (χ1n) is 6.41. The van der Waals surface area contributed by atoms with Crippen LogP contribution in [0.3, 0.4) is 0 Å². The molecule has 0 radical (unpaired) electrons. The standard InChI is InChI=1S/C16H16BrN/c17-15-6-3-12(4-7-15)10-13-5-8-16-14(11-13)2-1-9-18-16/h3-8,11,18H,1-2,9-10H2. The van der Waals surface area contributed by atoms with E-state index in [0.717, 1.165) is 17.4 Å². The van der Waals surface area contributed by atoms with E-state index in [1.165, 1.54) is 35.2 Å². The molecule has 0 saturated heterocycles. The summed E-state index contributed by atoms with van der Waals surface area (Å²) >= 11 is 3.47. The molecule has 0 bridgehead atoms. The van der Waals surface area contributed by atoms with E-state index in [9.17, 15) is 0 Å². The van der Waals surface area contributed by atoms with Crippen LogP contribution in [0.25, 0.3) is 0 Å². The van der Waals surface area contributed by atoms with Crippen molar-refractivity contribution in [2.24, 2.45) is 0 Å². The van der Waals surface area contributed by atoms with Gasteiger partial charge in [-0.15, -0.1) is 0 Å². The summed E-state index contributed by atoms with van der Waals surface area (Å²) in [5, 5.41) is 3.45. The van der Waals surface area contributed by atoms with E-state index >= 15 is 0 Å². The van der Waals surface area contributed by atoms with Gasteiger partial charge in [0.2, 0.25) is 0 Å². The molecule has 0 aliphatic carbocycles. The topological polar surface area (TPSA) is 12.0 Å². The second kappa shape index (κ2) is 5.15. The van der Waals surface area contributed by atoms with Crippen LogP contribution >= 0.6 is 15.9 Å². The van der Waals surface area contributed by atoms with Gasteiger partial charge >= 0.3 is 0 Å².